The Bertz CT molecular complexity index is 778. The van der Waals surface area contributed by atoms with Crippen LogP contribution in [-0.2, 0) is 6.61 Å². The number of pyridine rings is 1. The van der Waals surface area contributed by atoms with E-state index in [1.54, 1.807) is 18.3 Å². The van der Waals surface area contributed by atoms with Crippen LogP contribution in [0.1, 0.15) is 11.4 Å². The zero-order chi connectivity index (χ0) is 15.4. The summed E-state index contributed by atoms with van der Waals surface area (Å²) in [7, 11) is 0. The molecule has 2 heterocycles. The first-order chi connectivity index (χ1) is 10.7. The molecular formula is C17H14FN3O. The zero-order valence-electron chi connectivity index (χ0n) is 12.0. The maximum absolute atomic E-state index is 13.1. The summed E-state index contributed by atoms with van der Waals surface area (Å²) >= 11 is 0. The van der Waals surface area contributed by atoms with E-state index in [2.05, 4.69) is 15.0 Å². The van der Waals surface area contributed by atoms with Gasteiger partial charge in [0.15, 0.2) is 5.82 Å². The smallest absolute Gasteiger partial charge is 0.178 e. The number of rotatable bonds is 4. The third-order valence-electron chi connectivity index (χ3n) is 2.98. The van der Waals surface area contributed by atoms with Crippen molar-refractivity contribution in [1.29, 1.82) is 0 Å². The number of halogens is 1. The summed E-state index contributed by atoms with van der Waals surface area (Å²) in [5, 5.41) is 0. The molecule has 4 nitrogen and oxygen atoms in total. The van der Waals surface area contributed by atoms with Crippen molar-refractivity contribution in [3.8, 4) is 17.3 Å². The van der Waals surface area contributed by atoms with E-state index in [0.29, 0.717) is 17.3 Å². The summed E-state index contributed by atoms with van der Waals surface area (Å²) in [5.74, 6) is 0.694. The Balaban J connectivity index is 1.81. The van der Waals surface area contributed by atoms with Crippen LogP contribution in [0.5, 0.6) is 5.75 Å². The van der Waals surface area contributed by atoms with Gasteiger partial charge in [0.2, 0.25) is 0 Å². The summed E-state index contributed by atoms with van der Waals surface area (Å²) in [6.45, 7) is 2.13. The van der Waals surface area contributed by atoms with Crippen molar-refractivity contribution in [3.05, 3.63) is 71.9 Å². The lowest BCUT2D eigenvalue weighted by Gasteiger charge is -2.08. The Labute approximate surface area is 127 Å². The van der Waals surface area contributed by atoms with Gasteiger partial charge < -0.3 is 4.74 Å². The third kappa shape index (κ3) is 3.44. The van der Waals surface area contributed by atoms with Gasteiger partial charge in [-0.1, -0.05) is 12.1 Å². The van der Waals surface area contributed by atoms with Crippen LogP contribution in [0.15, 0.2) is 54.7 Å². The van der Waals surface area contributed by atoms with E-state index in [0.717, 1.165) is 11.4 Å². The normalized spacial score (nSPS) is 10.5. The Morgan fingerprint density at radius 1 is 1.05 bits per heavy atom. The van der Waals surface area contributed by atoms with E-state index >= 15 is 0 Å². The van der Waals surface area contributed by atoms with Crippen molar-refractivity contribution >= 4 is 0 Å². The van der Waals surface area contributed by atoms with Crippen LogP contribution in [-0.4, -0.2) is 15.0 Å². The summed E-state index contributed by atoms with van der Waals surface area (Å²) < 4.78 is 18.7. The van der Waals surface area contributed by atoms with Crippen LogP contribution >= 0.6 is 0 Å². The number of hydrogen-bond donors (Lipinski definition) is 0. The van der Waals surface area contributed by atoms with E-state index < -0.39 is 0 Å². The van der Waals surface area contributed by atoms with Gasteiger partial charge in [0, 0.05) is 18.0 Å². The van der Waals surface area contributed by atoms with E-state index in [9.17, 15) is 4.39 Å². The number of hydrogen-bond acceptors (Lipinski definition) is 4. The Morgan fingerprint density at radius 2 is 1.95 bits per heavy atom. The minimum absolute atomic E-state index is 0.243. The highest BCUT2D eigenvalue weighted by Gasteiger charge is 2.07. The molecule has 3 aromatic rings. The molecule has 0 atom stereocenters. The van der Waals surface area contributed by atoms with E-state index in [-0.39, 0.29) is 12.4 Å². The predicted molar refractivity (Wildman–Crippen MR) is 80.7 cm³/mol. The fraction of sp³-hybridized carbons (Fsp3) is 0.118. The number of benzene rings is 1. The van der Waals surface area contributed by atoms with Crippen LogP contribution in [0.3, 0.4) is 0 Å². The van der Waals surface area contributed by atoms with Crippen LogP contribution < -0.4 is 4.74 Å². The average Bonchev–Trinajstić information content (AvgIpc) is 2.53. The molecule has 0 spiro atoms. The molecule has 0 saturated heterocycles. The predicted octanol–water partition coefficient (Wildman–Crippen LogP) is 3.57. The van der Waals surface area contributed by atoms with E-state index in [1.165, 1.54) is 12.1 Å². The molecular weight excluding hydrogens is 281 g/mol. The maximum Gasteiger partial charge on any atom is 0.178 e. The van der Waals surface area contributed by atoms with Gasteiger partial charge in [-0.2, -0.15) is 0 Å². The minimum Gasteiger partial charge on any atom is -0.487 e. The van der Waals surface area contributed by atoms with Crippen molar-refractivity contribution in [2.75, 3.05) is 0 Å². The number of ether oxygens (including phenoxy) is 1. The molecule has 0 aliphatic carbocycles. The van der Waals surface area contributed by atoms with Gasteiger partial charge in [0.05, 0.1) is 5.69 Å². The first-order valence-corrected chi connectivity index (χ1v) is 6.85. The lowest BCUT2D eigenvalue weighted by molar-refractivity contribution is 0.299. The molecule has 0 bridgehead atoms. The summed E-state index contributed by atoms with van der Waals surface area (Å²) in [6, 6.07) is 13.4. The molecule has 0 aliphatic heterocycles. The lowest BCUT2D eigenvalue weighted by atomic mass is 10.3. The first-order valence-electron chi connectivity index (χ1n) is 6.85. The molecule has 1 aromatic carbocycles. The summed E-state index contributed by atoms with van der Waals surface area (Å²) in [4.78, 5) is 13.1. The molecule has 0 fully saturated rings. The Morgan fingerprint density at radius 3 is 2.73 bits per heavy atom. The lowest BCUT2D eigenvalue weighted by Crippen LogP contribution is -2.03. The van der Waals surface area contributed by atoms with Crippen molar-refractivity contribution in [1.82, 2.24) is 15.0 Å². The van der Waals surface area contributed by atoms with Crippen LogP contribution in [0.2, 0.25) is 0 Å². The number of nitrogens with zero attached hydrogens (tertiary/aromatic N) is 3. The van der Waals surface area contributed by atoms with Crippen LogP contribution in [0, 0.1) is 12.7 Å². The second kappa shape index (κ2) is 6.30. The summed E-state index contributed by atoms with van der Waals surface area (Å²) in [6.07, 6.45) is 1.70. The fourth-order valence-electron chi connectivity index (χ4n) is 2.03. The molecule has 0 radical (unpaired) electrons. The molecule has 0 amide bonds. The van der Waals surface area contributed by atoms with Gasteiger partial charge in [-0.15, -0.1) is 0 Å². The van der Waals surface area contributed by atoms with Crippen LogP contribution in [0.4, 0.5) is 4.39 Å². The molecule has 0 aliphatic rings. The third-order valence-corrected chi connectivity index (χ3v) is 2.98. The zero-order valence-corrected chi connectivity index (χ0v) is 12.0. The molecule has 110 valence electrons. The van der Waals surface area contributed by atoms with E-state index in [4.69, 9.17) is 4.74 Å². The quantitative estimate of drug-likeness (QED) is 0.738. The second-order valence-electron chi connectivity index (χ2n) is 4.79. The fourth-order valence-corrected chi connectivity index (χ4v) is 2.03. The molecule has 2 aromatic heterocycles. The van der Waals surface area contributed by atoms with Gasteiger partial charge in [0.1, 0.15) is 23.9 Å². The molecule has 0 N–H and O–H groups in total. The van der Waals surface area contributed by atoms with Gasteiger partial charge >= 0.3 is 0 Å². The van der Waals surface area contributed by atoms with Gasteiger partial charge in [0.25, 0.3) is 0 Å². The SMILES string of the molecule is Cc1cc(COc2cccc(F)c2)nc(-c2ccccn2)n1. The van der Waals surface area contributed by atoms with Gasteiger partial charge in [-0.25, -0.2) is 14.4 Å². The largest absolute Gasteiger partial charge is 0.487 e. The highest BCUT2D eigenvalue weighted by Crippen LogP contribution is 2.16. The van der Waals surface area contributed by atoms with E-state index in [1.807, 2.05) is 31.2 Å². The highest BCUT2D eigenvalue weighted by atomic mass is 19.1. The number of aromatic nitrogens is 3. The van der Waals surface area contributed by atoms with Crippen molar-refractivity contribution in [2.24, 2.45) is 0 Å². The van der Waals surface area contributed by atoms with Crippen molar-refractivity contribution < 1.29 is 9.13 Å². The van der Waals surface area contributed by atoms with Crippen molar-refractivity contribution in [2.45, 2.75) is 13.5 Å². The molecule has 0 unspecified atom stereocenters. The highest BCUT2D eigenvalue weighted by molar-refractivity contribution is 5.48. The minimum atomic E-state index is -0.328. The monoisotopic (exact) mass is 295 g/mol. The number of aryl methyl sites for hydroxylation is 1. The molecule has 22 heavy (non-hydrogen) atoms. The standard InChI is InChI=1S/C17H14FN3O/c1-12-9-14(11-22-15-6-4-5-13(18)10-15)21-17(20-12)16-7-2-3-8-19-16/h2-10H,11H2,1H3. The van der Waals surface area contributed by atoms with Gasteiger partial charge in [-0.05, 0) is 37.3 Å². The molecule has 3 rings (SSSR count). The average molecular weight is 295 g/mol. The maximum atomic E-state index is 13.1. The second-order valence-corrected chi connectivity index (χ2v) is 4.79. The molecule has 0 saturated carbocycles. The van der Waals surface area contributed by atoms with Crippen molar-refractivity contribution in [3.63, 3.8) is 0 Å². The topological polar surface area (TPSA) is 47.9 Å². The molecule has 5 heteroatoms. The Hall–Kier alpha value is -2.82. The van der Waals surface area contributed by atoms with Crippen LogP contribution in [0.25, 0.3) is 11.5 Å². The summed E-state index contributed by atoms with van der Waals surface area (Å²) in [5.41, 5.74) is 2.25. The van der Waals surface area contributed by atoms with Gasteiger partial charge in [-0.3, -0.25) is 4.98 Å². The Kier molecular flexibility index (Phi) is 4.05. The first kappa shape index (κ1) is 14.1.